The maximum Gasteiger partial charge on any atom is 0.250 e. The van der Waals surface area contributed by atoms with E-state index in [0.717, 1.165) is 38.2 Å². The molecule has 0 saturated carbocycles. The molecule has 0 radical (unpaired) electrons. The van der Waals surface area contributed by atoms with Crippen LogP contribution in [-0.2, 0) is 0 Å². The lowest BCUT2D eigenvalue weighted by Crippen LogP contribution is -2.26. The summed E-state index contributed by atoms with van der Waals surface area (Å²) < 4.78 is 0. The predicted molar refractivity (Wildman–Crippen MR) is 89.5 cm³/mol. The van der Waals surface area contributed by atoms with Crippen LogP contribution in [0, 0.1) is 0 Å². The number of amides is 1. The Morgan fingerprint density at radius 2 is 2.00 bits per heavy atom. The van der Waals surface area contributed by atoms with Crippen LogP contribution in [0.5, 0.6) is 0 Å². The van der Waals surface area contributed by atoms with Gasteiger partial charge in [0.1, 0.15) is 0 Å². The molecule has 0 aliphatic rings. The first-order valence-corrected chi connectivity index (χ1v) is 7.66. The molecule has 1 unspecified atom stereocenters. The molecule has 1 amide bonds. The number of carbonyl (C=O) groups excluding carboxylic acids is 1. The third-order valence-electron chi connectivity index (χ3n) is 3.72. The number of hydrogen-bond donors (Lipinski definition) is 3. The molecule has 0 fully saturated rings. The van der Waals surface area contributed by atoms with Crippen molar-refractivity contribution in [3.63, 3.8) is 0 Å². The van der Waals surface area contributed by atoms with Crippen LogP contribution in [0.4, 0.5) is 11.4 Å². The van der Waals surface area contributed by atoms with Crippen molar-refractivity contribution in [3.8, 4) is 0 Å². The van der Waals surface area contributed by atoms with Gasteiger partial charge >= 0.3 is 0 Å². The first-order chi connectivity index (χ1) is 9.97. The van der Waals surface area contributed by atoms with Gasteiger partial charge in [-0.2, -0.15) is 0 Å². The summed E-state index contributed by atoms with van der Waals surface area (Å²) in [6.07, 6.45) is 2.15. The summed E-state index contributed by atoms with van der Waals surface area (Å²) in [7, 11) is 0. The van der Waals surface area contributed by atoms with Crippen molar-refractivity contribution in [1.82, 2.24) is 4.90 Å². The Labute approximate surface area is 127 Å². The zero-order valence-corrected chi connectivity index (χ0v) is 13.4. The van der Waals surface area contributed by atoms with Gasteiger partial charge in [-0.05, 0) is 57.6 Å². The van der Waals surface area contributed by atoms with E-state index in [2.05, 4.69) is 31.0 Å². The SMILES string of the molecule is CCN(CC)CCCC(C)Nc1cc(N)ccc1C(N)=O. The smallest absolute Gasteiger partial charge is 0.250 e. The first kappa shape index (κ1) is 17.3. The molecule has 1 aromatic rings. The van der Waals surface area contributed by atoms with E-state index in [1.165, 1.54) is 0 Å². The van der Waals surface area contributed by atoms with Crippen molar-refractivity contribution in [2.45, 2.75) is 39.7 Å². The van der Waals surface area contributed by atoms with Gasteiger partial charge < -0.3 is 21.7 Å². The molecule has 1 atom stereocenters. The van der Waals surface area contributed by atoms with Crippen molar-refractivity contribution >= 4 is 17.3 Å². The zero-order chi connectivity index (χ0) is 15.8. The molecule has 5 nitrogen and oxygen atoms in total. The fourth-order valence-electron chi connectivity index (χ4n) is 2.39. The summed E-state index contributed by atoms with van der Waals surface area (Å²) in [6.45, 7) is 9.72. The lowest BCUT2D eigenvalue weighted by Gasteiger charge is -2.21. The van der Waals surface area contributed by atoms with Crippen LogP contribution in [-0.4, -0.2) is 36.5 Å². The molecular formula is C16H28N4O. The van der Waals surface area contributed by atoms with E-state index in [1.54, 1.807) is 18.2 Å². The molecule has 118 valence electrons. The summed E-state index contributed by atoms with van der Waals surface area (Å²) >= 11 is 0. The zero-order valence-electron chi connectivity index (χ0n) is 13.4. The largest absolute Gasteiger partial charge is 0.399 e. The highest BCUT2D eigenvalue weighted by Gasteiger charge is 2.11. The van der Waals surface area contributed by atoms with Crippen LogP contribution in [0.15, 0.2) is 18.2 Å². The van der Waals surface area contributed by atoms with Crippen LogP contribution in [0.3, 0.4) is 0 Å². The van der Waals surface area contributed by atoms with Crippen molar-refractivity contribution in [2.24, 2.45) is 5.73 Å². The number of primary amides is 1. The highest BCUT2D eigenvalue weighted by atomic mass is 16.1. The molecule has 0 aromatic heterocycles. The minimum atomic E-state index is -0.437. The number of hydrogen-bond acceptors (Lipinski definition) is 4. The first-order valence-electron chi connectivity index (χ1n) is 7.66. The van der Waals surface area contributed by atoms with Gasteiger partial charge in [0, 0.05) is 17.4 Å². The predicted octanol–water partition coefficient (Wildman–Crippen LogP) is 2.29. The van der Waals surface area contributed by atoms with Crippen molar-refractivity contribution in [3.05, 3.63) is 23.8 Å². The molecule has 0 heterocycles. The Balaban J connectivity index is 2.56. The van der Waals surface area contributed by atoms with Gasteiger partial charge in [0.2, 0.25) is 0 Å². The Bertz CT molecular complexity index is 458. The second-order valence-electron chi connectivity index (χ2n) is 5.38. The monoisotopic (exact) mass is 292 g/mol. The molecule has 0 aliphatic carbocycles. The summed E-state index contributed by atoms with van der Waals surface area (Å²) in [5, 5.41) is 3.34. The average Bonchev–Trinajstić information content (AvgIpc) is 2.43. The number of nitrogens with zero attached hydrogens (tertiary/aromatic N) is 1. The molecule has 0 bridgehead atoms. The third-order valence-corrected chi connectivity index (χ3v) is 3.72. The van der Waals surface area contributed by atoms with Gasteiger partial charge in [-0.3, -0.25) is 4.79 Å². The number of nitrogens with one attached hydrogen (secondary N) is 1. The van der Waals surface area contributed by atoms with Gasteiger partial charge in [-0.25, -0.2) is 0 Å². The van der Waals surface area contributed by atoms with E-state index < -0.39 is 5.91 Å². The van der Waals surface area contributed by atoms with E-state index in [4.69, 9.17) is 11.5 Å². The van der Waals surface area contributed by atoms with Gasteiger partial charge in [-0.1, -0.05) is 13.8 Å². The molecule has 21 heavy (non-hydrogen) atoms. The number of anilines is 2. The van der Waals surface area contributed by atoms with E-state index in [1.807, 2.05) is 0 Å². The molecule has 5 heteroatoms. The number of nitrogen functional groups attached to an aromatic ring is 1. The van der Waals surface area contributed by atoms with Crippen LogP contribution < -0.4 is 16.8 Å². The lowest BCUT2D eigenvalue weighted by molar-refractivity contribution is 0.100. The number of benzene rings is 1. The van der Waals surface area contributed by atoms with Crippen LogP contribution in [0.25, 0.3) is 0 Å². The second-order valence-corrected chi connectivity index (χ2v) is 5.38. The lowest BCUT2D eigenvalue weighted by atomic mass is 10.1. The maximum absolute atomic E-state index is 11.4. The Morgan fingerprint density at radius 3 is 2.57 bits per heavy atom. The summed E-state index contributed by atoms with van der Waals surface area (Å²) in [5.41, 5.74) is 13.0. The number of rotatable bonds is 9. The maximum atomic E-state index is 11.4. The topological polar surface area (TPSA) is 84.4 Å². The van der Waals surface area contributed by atoms with Gasteiger partial charge in [-0.15, -0.1) is 0 Å². The fourth-order valence-corrected chi connectivity index (χ4v) is 2.39. The normalized spacial score (nSPS) is 12.4. The number of nitrogens with two attached hydrogens (primary N) is 2. The Kier molecular flexibility index (Phi) is 7.02. The molecule has 1 rings (SSSR count). The minimum Gasteiger partial charge on any atom is -0.399 e. The van der Waals surface area contributed by atoms with E-state index >= 15 is 0 Å². The van der Waals surface area contributed by atoms with Gasteiger partial charge in [0.15, 0.2) is 0 Å². The molecule has 0 saturated heterocycles. The molecular weight excluding hydrogens is 264 g/mol. The summed E-state index contributed by atoms with van der Waals surface area (Å²) in [6, 6.07) is 5.39. The highest BCUT2D eigenvalue weighted by Crippen LogP contribution is 2.20. The van der Waals surface area contributed by atoms with Gasteiger partial charge in [0.05, 0.1) is 5.56 Å². The van der Waals surface area contributed by atoms with E-state index in [0.29, 0.717) is 11.3 Å². The third kappa shape index (κ3) is 5.63. The van der Waals surface area contributed by atoms with Crippen molar-refractivity contribution in [2.75, 3.05) is 30.7 Å². The molecule has 0 aliphatic heterocycles. The van der Waals surface area contributed by atoms with Gasteiger partial charge in [0.25, 0.3) is 5.91 Å². The standard InChI is InChI=1S/C16H28N4O/c1-4-20(5-2)10-6-7-12(3)19-15-11-13(17)8-9-14(15)16(18)21/h8-9,11-12,19H,4-7,10,17H2,1-3H3,(H2,18,21). The van der Waals surface area contributed by atoms with E-state index in [-0.39, 0.29) is 6.04 Å². The average molecular weight is 292 g/mol. The fraction of sp³-hybridized carbons (Fsp3) is 0.562. The molecule has 1 aromatic carbocycles. The Morgan fingerprint density at radius 1 is 1.33 bits per heavy atom. The number of carbonyl (C=O) groups is 1. The Hall–Kier alpha value is -1.75. The van der Waals surface area contributed by atoms with Crippen LogP contribution in [0.1, 0.15) is 44.0 Å². The van der Waals surface area contributed by atoms with Crippen molar-refractivity contribution in [1.29, 1.82) is 0 Å². The van der Waals surface area contributed by atoms with E-state index in [9.17, 15) is 4.79 Å². The summed E-state index contributed by atoms with van der Waals surface area (Å²) in [4.78, 5) is 13.8. The molecule has 5 N–H and O–H groups in total. The van der Waals surface area contributed by atoms with Crippen molar-refractivity contribution < 1.29 is 4.79 Å². The minimum absolute atomic E-state index is 0.264. The summed E-state index contributed by atoms with van der Waals surface area (Å²) in [5.74, 6) is -0.437. The quantitative estimate of drug-likeness (QED) is 0.610. The second kappa shape index (κ2) is 8.52. The van der Waals surface area contributed by atoms with Crippen LogP contribution >= 0.6 is 0 Å². The van der Waals surface area contributed by atoms with Crippen LogP contribution in [0.2, 0.25) is 0 Å². The molecule has 0 spiro atoms. The highest BCUT2D eigenvalue weighted by molar-refractivity contribution is 5.99.